The van der Waals surface area contributed by atoms with Crippen LogP contribution in [0.4, 0.5) is 15.8 Å². The second kappa shape index (κ2) is 10.3. The Morgan fingerprint density at radius 1 is 0.968 bits per heavy atom. The quantitative estimate of drug-likeness (QED) is 0.435. The first-order valence-corrected chi connectivity index (χ1v) is 10.6. The third kappa shape index (κ3) is 6.23. The van der Waals surface area contributed by atoms with Crippen LogP contribution in [0.2, 0.25) is 5.02 Å². The zero-order valence-corrected chi connectivity index (χ0v) is 18.4. The largest absolute Gasteiger partial charge is 0.497 e. The van der Waals surface area contributed by atoms with Gasteiger partial charge in [-0.15, -0.1) is 11.8 Å². The Kier molecular flexibility index (Phi) is 7.55. The van der Waals surface area contributed by atoms with Crippen molar-refractivity contribution in [3.63, 3.8) is 0 Å². The van der Waals surface area contributed by atoms with Crippen LogP contribution in [0.5, 0.6) is 5.75 Å². The number of hydrogen-bond donors (Lipinski definition) is 2. The van der Waals surface area contributed by atoms with Gasteiger partial charge in [-0.2, -0.15) is 0 Å². The molecule has 0 spiro atoms. The van der Waals surface area contributed by atoms with Crippen LogP contribution in [0.15, 0.2) is 71.6 Å². The molecule has 3 aromatic rings. The fraction of sp³-hybridized carbons (Fsp3) is 0.130. The number of anilines is 2. The van der Waals surface area contributed by atoms with Gasteiger partial charge in [0.2, 0.25) is 5.91 Å². The van der Waals surface area contributed by atoms with Gasteiger partial charge in [-0.1, -0.05) is 11.6 Å². The number of nitrogens with one attached hydrogen (secondary N) is 2. The minimum absolute atomic E-state index is 0.0506. The molecule has 2 amide bonds. The van der Waals surface area contributed by atoms with E-state index in [0.717, 1.165) is 4.90 Å². The average molecular weight is 459 g/mol. The minimum Gasteiger partial charge on any atom is -0.497 e. The Hall–Kier alpha value is -3.03. The fourth-order valence-electron chi connectivity index (χ4n) is 2.64. The van der Waals surface area contributed by atoms with Crippen molar-refractivity contribution >= 4 is 46.6 Å². The van der Waals surface area contributed by atoms with Crippen molar-refractivity contribution in [3.8, 4) is 5.75 Å². The molecule has 0 saturated carbocycles. The Labute approximate surface area is 188 Å². The number of thioether (sulfide) groups is 1. The van der Waals surface area contributed by atoms with Gasteiger partial charge in [0.05, 0.1) is 17.4 Å². The Bertz CT molecular complexity index is 1080. The van der Waals surface area contributed by atoms with Gasteiger partial charge in [-0.05, 0) is 73.7 Å². The van der Waals surface area contributed by atoms with E-state index in [1.807, 2.05) is 12.1 Å². The van der Waals surface area contributed by atoms with E-state index in [0.29, 0.717) is 22.7 Å². The van der Waals surface area contributed by atoms with Crippen LogP contribution in [-0.2, 0) is 4.79 Å². The third-order valence-electron chi connectivity index (χ3n) is 4.33. The molecule has 3 rings (SSSR count). The molecule has 0 heterocycles. The molecule has 1 atom stereocenters. The summed E-state index contributed by atoms with van der Waals surface area (Å²) >= 11 is 7.10. The molecule has 0 saturated heterocycles. The number of benzene rings is 3. The number of carbonyl (C=O) groups excluding carboxylic acids is 2. The molecule has 0 fully saturated rings. The SMILES string of the molecule is COc1ccc(C(=O)Nc2ccc(SC(C)C(=O)Nc3ccc(F)c(Cl)c3)cc2)cc1. The van der Waals surface area contributed by atoms with Crippen LogP contribution < -0.4 is 15.4 Å². The summed E-state index contributed by atoms with van der Waals surface area (Å²) in [5, 5.41) is 5.10. The number of halogens is 2. The summed E-state index contributed by atoms with van der Waals surface area (Å²) in [5.74, 6) is -0.321. The second-order valence-electron chi connectivity index (χ2n) is 6.59. The van der Waals surface area contributed by atoms with Crippen LogP contribution in [0.1, 0.15) is 17.3 Å². The first kappa shape index (κ1) is 22.7. The predicted octanol–water partition coefficient (Wildman–Crippen LogP) is 5.86. The molecule has 0 aliphatic rings. The lowest BCUT2D eigenvalue weighted by molar-refractivity contribution is -0.115. The van der Waals surface area contributed by atoms with E-state index < -0.39 is 11.1 Å². The van der Waals surface area contributed by atoms with Crippen molar-refractivity contribution < 1.29 is 18.7 Å². The van der Waals surface area contributed by atoms with Crippen LogP contribution in [0.3, 0.4) is 0 Å². The molecule has 1 unspecified atom stereocenters. The van der Waals surface area contributed by atoms with Gasteiger partial charge < -0.3 is 15.4 Å². The number of amides is 2. The van der Waals surface area contributed by atoms with Crippen molar-refractivity contribution in [1.29, 1.82) is 0 Å². The van der Waals surface area contributed by atoms with E-state index in [9.17, 15) is 14.0 Å². The maximum Gasteiger partial charge on any atom is 0.255 e. The van der Waals surface area contributed by atoms with Gasteiger partial charge in [0.1, 0.15) is 11.6 Å². The van der Waals surface area contributed by atoms with Gasteiger partial charge in [0.25, 0.3) is 5.91 Å². The van der Waals surface area contributed by atoms with Crippen LogP contribution in [0.25, 0.3) is 0 Å². The van der Waals surface area contributed by atoms with E-state index in [2.05, 4.69) is 10.6 Å². The summed E-state index contributed by atoms with van der Waals surface area (Å²) in [5.41, 5.74) is 1.59. The number of ether oxygens (including phenoxy) is 1. The standard InChI is InChI=1S/C23H20ClFN2O3S/c1-14(22(28)27-17-7-12-21(25)20(24)13-17)31-19-10-5-16(6-11-19)26-23(29)15-3-8-18(30-2)9-4-15/h3-14H,1-2H3,(H,26,29)(H,27,28). The molecule has 0 bridgehead atoms. The van der Waals surface area contributed by atoms with Gasteiger partial charge in [-0.3, -0.25) is 9.59 Å². The summed E-state index contributed by atoms with van der Waals surface area (Å²) in [4.78, 5) is 25.6. The normalized spacial score (nSPS) is 11.5. The van der Waals surface area contributed by atoms with Gasteiger partial charge >= 0.3 is 0 Å². The van der Waals surface area contributed by atoms with Crippen molar-refractivity contribution in [2.45, 2.75) is 17.1 Å². The highest BCUT2D eigenvalue weighted by molar-refractivity contribution is 8.00. The molecule has 31 heavy (non-hydrogen) atoms. The maximum atomic E-state index is 13.2. The van der Waals surface area contributed by atoms with E-state index in [1.165, 1.54) is 30.0 Å². The average Bonchev–Trinajstić information content (AvgIpc) is 2.77. The van der Waals surface area contributed by atoms with Gasteiger partial charge in [0, 0.05) is 21.8 Å². The van der Waals surface area contributed by atoms with Crippen molar-refractivity contribution in [2.75, 3.05) is 17.7 Å². The van der Waals surface area contributed by atoms with Crippen molar-refractivity contribution in [2.24, 2.45) is 0 Å². The number of carbonyl (C=O) groups is 2. The first-order chi connectivity index (χ1) is 14.9. The van der Waals surface area contributed by atoms with E-state index >= 15 is 0 Å². The lowest BCUT2D eigenvalue weighted by atomic mass is 10.2. The monoisotopic (exact) mass is 458 g/mol. The highest BCUT2D eigenvalue weighted by Gasteiger charge is 2.15. The number of hydrogen-bond acceptors (Lipinski definition) is 4. The van der Waals surface area contributed by atoms with Crippen LogP contribution in [0, 0.1) is 5.82 Å². The topological polar surface area (TPSA) is 67.4 Å². The predicted molar refractivity (Wildman–Crippen MR) is 123 cm³/mol. The molecule has 0 aliphatic carbocycles. The lowest BCUT2D eigenvalue weighted by Crippen LogP contribution is -2.22. The molecular weight excluding hydrogens is 439 g/mol. The van der Waals surface area contributed by atoms with E-state index in [4.69, 9.17) is 16.3 Å². The summed E-state index contributed by atoms with van der Waals surface area (Å²) in [6.07, 6.45) is 0. The van der Waals surface area contributed by atoms with Gasteiger partial charge in [-0.25, -0.2) is 4.39 Å². The highest BCUT2D eigenvalue weighted by atomic mass is 35.5. The molecule has 0 aliphatic heterocycles. The highest BCUT2D eigenvalue weighted by Crippen LogP contribution is 2.27. The molecular formula is C23H20ClFN2O3S. The lowest BCUT2D eigenvalue weighted by Gasteiger charge is -2.13. The maximum absolute atomic E-state index is 13.2. The molecule has 0 aromatic heterocycles. The second-order valence-corrected chi connectivity index (χ2v) is 8.41. The van der Waals surface area contributed by atoms with Crippen molar-refractivity contribution in [1.82, 2.24) is 0 Å². The van der Waals surface area contributed by atoms with Crippen LogP contribution in [-0.4, -0.2) is 24.2 Å². The van der Waals surface area contributed by atoms with E-state index in [1.54, 1.807) is 50.4 Å². The summed E-state index contributed by atoms with van der Waals surface area (Å²) in [7, 11) is 1.57. The zero-order chi connectivity index (χ0) is 22.4. The molecule has 0 radical (unpaired) electrons. The molecule has 160 valence electrons. The molecule has 3 aromatic carbocycles. The van der Waals surface area contributed by atoms with Crippen molar-refractivity contribution in [3.05, 3.63) is 83.1 Å². The molecule has 5 nitrogen and oxygen atoms in total. The van der Waals surface area contributed by atoms with Gasteiger partial charge in [0.15, 0.2) is 0 Å². The summed E-state index contributed by atoms with van der Waals surface area (Å²) in [6.45, 7) is 1.77. The third-order valence-corrected chi connectivity index (χ3v) is 5.74. The minimum atomic E-state index is -0.540. The van der Waals surface area contributed by atoms with E-state index in [-0.39, 0.29) is 16.8 Å². The fourth-order valence-corrected chi connectivity index (χ4v) is 3.69. The first-order valence-electron chi connectivity index (χ1n) is 9.34. The van der Waals surface area contributed by atoms with Crippen LogP contribution >= 0.6 is 23.4 Å². The Morgan fingerprint density at radius 2 is 1.61 bits per heavy atom. The summed E-state index contributed by atoms with van der Waals surface area (Å²) < 4.78 is 18.3. The molecule has 8 heteroatoms. The summed E-state index contributed by atoms with van der Waals surface area (Å²) in [6, 6.07) is 18.0. The zero-order valence-electron chi connectivity index (χ0n) is 16.8. The Balaban J connectivity index is 1.55. The number of methoxy groups -OCH3 is 1. The number of rotatable bonds is 7. The smallest absolute Gasteiger partial charge is 0.255 e. The Morgan fingerprint density at radius 3 is 2.23 bits per heavy atom. The molecule has 2 N–H and O–H groups in total.